The van der Waals surface area contributed by atoms with E-state index in [0.717, 1.165) is 68.1 Å². The van der Waals surface area contributed by atoms with E-state index in [1.54, 1.807) is 18.2 Å². The molecule has 1 saturated heterocycles. The van der Waals surface area contributed by atoms with Crippen molar-refractivity contribution in [2.75, 3.05) is 44.7 Å². The minimum Gasteiger partial charge on any atom is -0.478 e. The molecule has 1 aliphatic heterocycles. The van der Waals surface area contributed by atoms with Gasteiger partial charge in [0.05, 0.1) is 24.3 Å². The number of carboxylic acids is 1. The summed E-state index contributed by atoms with van der Waals surface area (Å²) in [6.45, 7) is 7.47. The van der Waals surface area contributed by atoms with Gasteiger partial charge in [0.2, 0.25) is 0 Å². The number of rotatable bonds is 6. The molecule has 0 bridgehead atoms. The Morgan fingerprint density at radius 1 is 1.33 bits per heavy atom. The van der Waals surface area contributed by atoms with Crippen LogP contribution in [-0.4, -0.2) is 60.4 Å². The lowest BCUT2D eigenvalue weighted by Gasteiger charge is -2.26. The third kappa shape index (κ3) is 4.01. The van der Waals surface area contributed by atoms with E-state index in [4.69, 9.17) is 4.74 Å². The lowest BCUT2D eigenvalue weighted by atomic mass is 10.1. The van der Waals surface area contributed by atoms with Crippen LogP contribution in [0.25, 0.3) is 10.9 Å². The smallest absolute Gasteiger partial charge is 0.335 e. The molecule has 2 heterocycles. The highest BCUT2D eigenvalue weighted by Gasteiger charge is 2.11. The van der Waals surface area contributed by atoms with E-state index < -0.39 is 5.97 Å². The van der Waals surface area contributed by atoms with Crippen molar-refractivity contribution in [3.8, 4) is 0 Å². The molecule has 1 aromatic heterocycles. The van der Waals surface area contributed by atoms with Crippen LogP contribution in [0.5, 0.6) is 0 Å². The molecule has 6 heteroatoms. The first-order valence-electron chi connectivity index (χ1n) is 8.32. The number of aromatic carboxylic acids is 1. The number of carboxylic acid groups (broad SMARTS) is 1. The van der Waals surface area contributed by atoms with Crippen molar-refractivity contribution in [1.29, 1.82) is 0 Å². The maximum absolute atomic E-state index is 11.2. The van der Waals surface area contributed by atoms with Crippen LogP contribution in [0.4, 0.5) is 5.69 Å². The molecule has 1 aromatic carbocycles. The molecule has 24 heavy (non-hydrogen) atoms. The number of nitrogens with one attached hydrogen (secondary N) is 1. The number of fused-ring (bicyclic) bond motifs is 1. The molecule has 0 unspecified atom stereocenters. The van der Waals surface area contributed by atoms with Crippen LogP contribution in [0, 0.1) is 6.92 Å². The second-order valence-corrected chi connectivity index (χ2v) is 6.08. The van der Waals surface area contributed by atoms with Crippen LogP contribution in [0.15, 0.2) is 24.3 Å². The summed E-state index contributed by atoms with van der Waals surface area (Å²) in [4.78, 5) is 18.1. The SMILES string of the molecule is Cc1cc(NCCCN2CCOCC2)c2cc(C(=O)O)ccc2n1. The number of pyridine rings is 1. The molecular formula is C18H23N3O3. The van der Waals surface area contributed by atoms with E-state index in [1.165, 1.54) is 0 Å². The van der Waals surface area contributed by atoms with Crippen molar-refractivity contribution in [2.24, 2.45) is 0 Å². The fourth-order valence-electron chi connectivity index (χ4n) is 2.99. The van der Waals surface area contributed by atoms with Gasteiger partial charge in [0.25, 0.3) is 0 Å². The van der Waals surface area contributed by atoms with E-state index in [-0.39, 0.29) is 5.56 Å². The number of ether oxygens (including phenoxy) is 1. The minimum absolute atomic E-state index is 0.282. The van der Waals surface area contributed by atoms with Crippen molar-refractivity contribution < 1.29 is 14.6 Å². The summed E-state index contributed by atoms with van der Waals surface area (Å²) < 4.78 is 5.36. The number of aryl methyl sites for hydroxylation is 1. The van der Waals surface area contributed by atoms with Crippen molar-refractivity contribution in [3.63, 3.8) is 0 Å². The van der Waals surface area contributed by atoms with E-state index in [9.17, 15) is 9.90 Å². The molecule has 0 atom stereocenters. The van der Waals surface area contributed by atoms with Gasteiger partial charge < -0.3 is 15.2 Å². The normalized spacial score (nSPS) is 15.5. The summed E-state index contributed by atoms with van der Waals surface area (Å²) in [5.74, 6) is -0.921. The topological polar surface area (TPSA) is 74.7 Å². The highest BCUT2D eigenvalue weighted by molar-refractivity contribution is 5.98. The standard InChI is InChI=1S/C18H23N3O3/c1-13-11-17(19-5-2-6-21-7-9-24-10-8-21)15-12-14(18(22)23)3-4-16(15)20-13/h3-4,11-12H,2,5-10H2,1H3,(H,19,20)(H,22,23). The largest absolute Gasteiger partial charge is 0.478 e. The van der Waals surface area contributed by atoms with Crippen molar-refractivity contribution >= 4 is 22.6 Å². The Kier molecular flexibility index (Phi) is 5.27. The number of anilines is 1. The number of benzene rings is 1. The van der Waals surface area contributed by atoms with Gasteiger partial charge in [-0.25, -0.2) is 4.79 Å². The third-order valence-electron chi connectivity index (χ3n) is 4.25. The number of hydrogen-bond donors (Lipinski definition) is 2. The quantitative estimate of drug-likeness (QED) is 0.793. The number of hydrogen-bond acceptors (Lipinski definition) is 5. The molecule has 3 rings (SSSR count). The molecule has 128 valence electrons. The average molecular weight is 329 g/mol. The number of morpholine rings is 1. The Hall–Kier alpha value is -2.18. The highest BCUT2D eigenvalue weighted by Crippen LogP contribution is 2.24. The molecule has 1 aliphatic rings. The Morgan fingerprint density at radius 2 is 2.12 bits per heavy atom. The maximum atomic E-state index is 11.2. The zero-order valence-electron chi connectivity index (χ0n) is 13.9. The van der Waals surface area contributed by atoms with Gasteiger partial charge in [-0.05, 0) is 44.2 Å². The molecule has 0 saturated carbocycles. The van der Waals surface area contributed by atoms with Gasteiger partial charge in [-0.1, -0.05) is 0 Å². The van der Waals surface area contributed by atoms with E-state index in [2.05, 4.69) is 15.2 Å². The molecule has 0 amide bonds. The van der Waals surface area contributed by atoms with E-state index >= 15 is 0 Å². The van der Waals surface area contributed by atoms with Gasteiger partial charge >= 0.3 is 5.97 Å². The van der Waals surface area contributed by atoms with Crippen molar-refractivity contribution in [1.82, 2.24) is 9.88 Å². The molecule has 2 N–H and O–H groups in total. The Morgan fingerprint density at radius 3 is 2.88 bits per heavy atom. The monoisotopic (exact) mass is 329 g/mol. The van der Waals surface area contributed by atoms with Crippen LogP contribution in [0.1, 0.15) is 22.5 Å². The zero-order valence-corrected chi connectivity index (χ0v) is 13.9. The first-order chi connectivity index (χ1) is 11.6. The van der Waals surface area contributed by atoms with Gasteiger partial charge in [-0.3, -0.25) is 9.88 Å². The minimum atomic E-state index is -0.921. The lowest BCUT2D eigenvalue weighted by Crippen LogP contribution is -2.37. The molecule has 2 aromatic rings. The van der Waals surface area contributed by atoms with Crippen LogP contribution in [-0.2, 0) is 4.74 Å². The predicted octanol–water partition coefficient (Wildman–Crippen LogP) is 2.38. The van der Waals surface area contributed by atoms with Gasteiger partial charge in [0, 0.05) is 36.4 Å². The summed E-state index contributed by atoms with van der Waals surface area (Å²) in [5.41, 5.74) is 2.96. The molecule has 1 fully saturated rings. The van der Waals surface area contributed by atoms with Crippen LogP contribution >= 0.6 is 0 Å². The molecule has 6 nitrogen and oxygen atoms in total. The Balaban J connectivity index is 1.68. The van der Waals surface area contributed by atoms with Crippen molar-refractivity contribution in [3.05, 3.63) is 35.5 Å². The molecule has 0 spiro atoms. The summed E-state index contributed by atoms with van der Waals surface area (Å²) in [6, 6.07) is 7.03. The summed E-state index contributed by atoms with van der Waals surface area (Å²) >= 11 is 0. The van der Waals surface area contributed by atoms with E-state index in [1.807, 2.05) is 13.0 Å². The maximum Gasteiger partial charge on any atom is 0.335 e. The Labute approximate surface area is 141 Å². The summed E-state index contributed by atoms with van der Waals surface area (Å²) in [7, 11) is 0. The number of nitrogens with zero attached hydrogens (tertiary/aromatic N) is 2. The highest BCUT2D eigenvalue weighted by atomic mass is 16.5. The lowest BCUT2D eigenvalue weighted by molar-refractivity contribution is 0.0378. The van der Waals surface area contributed by atoms with Crippen LogP contribution < -0.4 is 5.32 Å². The number of carbonyl (C=O) groups is 1. The summed E-state index contributed by atoms with van der Waals surface area (Å²) in [6.07, 6.45) is 1.03. The molecule has 0 radical (unpaired) electrons. The van der Waals surface area contributed by atoms with Gasteiger partial charge in [0.1, 0.15) is 0 Å². The molecular weight excluding hydrogens is 306 g/mol. The molecule has 0 aliphatic carbocycles. The fourth-order valence-corrected chi connectivity index (χ4v) is 2.99. The second-order valence-electron chi connectivity index (χ2n) is 6.08. The first-order valence-corrected chi connectivity index (χ1v) is 8.32. The zero-order chi connectivity index (χ0) is 16.9. The van der Waals surface area contributed by atoms with Gasteiger partial charge in [-0.2, -0.15) is 0 Å². The van der Waals surface area contributed by atoms with Gasteiger partial charge in [-0.15, -0.1) is 0 Å². The second kappa shape index (κ2) is 7.59. The third-order valence-corrected chi connectivity index (χ3v) is 4.25. The van der Waals surface area contributed by atoms with Crippen molar-refractivity contribution in [2.45, 2.75) is 13.3 Å². The first kappa shape index (κ1) is 16.7. The van der Waals surface area contributed by atoms with Crippen LogP contribution in [0.2, 0.25) is 0 Å². The van der Waals surface area contributed by atoms with E-state index in [0.29, 0.717) is 0 Å². The Bertz CT molecular complexity index is 727. The fraction of sp³-hybridized carbons (Fsp3) is 0.444. The van der Waals surface area contributed by atoms with Gasteiger partial charge in [0.15, 0.2) is 0 Å². The average Bonchev–Trinajstić information content (AvgIpc) is 2.59. The predicted molar refractivity (Wildman–Crippen MR) is 93.8 cm³/mol. The summed E-state index contributed by atoms with van der Waals surface area (Å²) in [5, 5.41) is 13.5. The van der Waals surface area contributed by atoms with Crippen LogP contribution in [0.3, 0.4) is 0 Å². The number of aromatic nitrogens is 1.